The first kappa shape index (κ1) is 16.3. The Labute approximate surface area is 120 Å². The standard InChI is InChI=1S/C15H23NO4/c1-3-4-8-19-9-5-10-20-12-6-7-14(16)13(11-12)15(17)18-2/h6-7,11H,3-5,8-10,16H2,1-2H3. The highest BCUT2D eigenvalue weighted by molar-refractivity contribution is 5.95. The highest BCUT2D eigenvalue weighted by atomic mass is 16.5. The van der Waals surface area contributed by atoms with Gasteiger partial charge in [0, 0.05) is 25.3 Å². The van der Waals surface area contributed by atoms with Crippen LogP contribution in [0.2, 0.25) is 0 Å². The van der Waals surface area contributed by atoms with Gasteiger partial charge in [0.25, 0.3) is 0 Å². The lowest BCUT2D eigenvalue weighted by atomic mass is 10.2. The molecule has 1 aromatic rings. The zero-order valence-corrected chi connectivity index (χ0v) is 12.2. The van der Waals surface area contributed by atoms with Crippen molar-refractivity contribution in [2.24, 2.45) is 0 Å². The average molecular weight is 281 g/mol. The van der Waals surface area contributed by atoms with Gasteiger partial charge >= 0.3 is 5.97 Å². The zero-order chi connectivity index (χ0) is 14.8. The predicted octanol–water partition coefficient (Wildman–Crippen LogP) is 2.64. The van der Waals surface area contributed by atoms with E-state index in [9.17, 15) is 4.79 Å². The van der Waals surface area contributed by atoms with Gasteiger partial charge in [0.15, 0.2) is 0 Å². The molecular weight excluding hydrogens is 258 g/mol. The molecule has 0 aliphatic rings. The summed E-state index contributed by atoms with van der Waals surface area (Å²) in [6.07, 6.45) is 3.03. The molecule has 1 rings (SSSR count). The minimum Gasteiger partial charge on any atom is -0.493 e. The number of methoxy groups -OCH3 is 1. The first-order valence-corrected chi connectivity index (χ1v) is 6.87. The molecule has 0 heterocycles. The van der Waals surface area contributed by atoms with Crippen LogP contribution in [0.4, 0.5) is 5.69 Å². The van der Waals surface area contributed by atoms with Crippen molar-refractivity contribution in [2.45, 2.75) is 26.2 Å². The molecule has 5 heteroatoms. The van der Waals surface area contributed by atoms with Crippen LogP contribution in [0.1, 0.15) is 36.5 Å². The van der Waals surface area contributed by atoms with Crippen molar-refractivity contribution in [1.29, 1.82) is 0 Å². The van der Waals surface area contributed by atoms with Crippen LogP contribution in [0.5, 0.6) is 5.75 Å². The topological polar surface area (TPSA) is 70.8 Å². The minimum absolute atomic E-state index is 0.323. The number of ether oxygens (including phenoxy) is 3. The number of esters is 1. The van der Waals surface area contributed by atoms with Gasteiger partial charge in [0.1, 0.15) is 5.75 Å². The first-order valence-electron chi connectivity index (χ1n) is 6.87. The number of hydrogen-bond acceptors (Lipinski definition) is 5. The molecule has 0 radical (unpaired) electrons. The Morgan fingerprint density at radius 2 is 1.95 bits per heavy atom. The average Bonchev–Trinajstić information content (AvgIpc) is 2.47. The maximum absolute atomic E-state index is 11.5. The van der Waals surface area contributed by atoms with E-state index >= 15 is 0 Å². The zero-order valence-electron chi connectivity index (χ0n) is 12.2. The summed E-state index contributed by atoms with van der Waals surface area (Å²) < 4.78 is 15.7. The molecule has 0 aliphatic carbocycles. The van der Waals surface area contributed by atoms with Crippen LogP contribution in [0.25, 0.3) is 0 Å². The van der Waals surface area contributed by atoms with Gasteiger partial charge in [0.2, 0.25) is 0 Å². The van der Waals surface area contributed by atoms with Crippen molar-refractivity contribution in [3.63, 3.8) is 0 Å². The van der Waals surface area contributed by atoms with E-state index in [0.717, 1.165) is 25.9 Å². The van der Waals surface area contributed by atoms with E-state index < -0.39 is 5.97 Å². The predicted molar refractivity (Wildman–Crippen MR) is 78.0 cm³/mol. The normalized spacial score (nSPS) is 10.3. The summed E-state index contributed by atoms with van der Waals surface area (Å²) in [4.78, 5) is 11.5. The Morgan fingerprint density at radius 1 is 1.20 bits per heavy atom. The largest absolute Gasteiger partial charge is 0.493 e. The van der Waals surface area contributed by atoms with Crippen molar-refractivity contribution in [3.8, 4) is 5.75 Å². The summed E-state index contributed by atoms with van der Waals surface area (Å²) in [5.74, 6) is 0.143. The van der Waals surface area contributed by atoms with Crippen LogP contribution in [0, 0.1) is 0 Å². The van der Waals surface area contributed by atoms with E-state index in [2.05, 4.69) is 11.7 Å². The fraction of sp³-hybridized carbons (Fsp3) is 0.533. The third-order valence-corrected chi connectivity index (χ3v) is 2.77. The molecule has 0 saturated heterocycles. The summed E-state index contributed by atoms with van der Waals surface area (Å²) in [5.41, 5.74) is 6.42. The minimum atomic E-state index is -0.462. The van der Waals surface area contributed by atoms with Gasteiger partial charge in [-0.05, 0) is 24.6 Å². The molecule has 0 saturated carbocycles. The third kappa shape index (κ3) is 5.48. The van der Waals surface area contributed by atoms with Crippen molar-refractivity contribution >= 4 is 11.7 Å². The fourth-order valence-corrected chi connectivity index (χ4v) is 1.61. The van der Waals surface area contributed by atoms with Crippen LogP contribution in [-0.4, -0.2) is 32.9 Å². The number of benzene rings is 1. The summed E-state index contributed by atoms with van der Waals surface area (Å²) in [7, 11) is 1.32. The van der Waals surface area contributed by atoms with Crippen LogP contribution in [-0.2, 0) is 9.47 Å². The molecule has 1 aromatic carbocycles. The molecule has 0 fully saturated rings. The van der Waals surface area contributed by atoms with Crippen LogP contribution in [0.3, 0.4) is 0 Å². The Balaban J connectivity index is 2.35. The molecule has 0 unspecified atom stereocenters. The Kier molecular flexibility index (Phi) is 7.50. The smallest absolute Gasteiger partial charge is 0.340 e. The number of carbonyl (C=O) groups is 1. The molecule has 112 valence electrons. The first-order chi connectivity index (χ1) is 9.69. The number of unbranched alkanes of at least 4 members (excludes halogenated alkanes) is 1. The number of hydrogen-bond donors (Lipinski definition) is 1. The summed E-state index contributed by atoms with van der Waals surface area (Å²) in [6, 6.07) is 4.97. The summed E-state index contributed by atoms with van der Waals surface area (Å²) >= 11 is 0. The number of nitrogen functional groups attached to an aromatic ring is 1. The Hall–Kier alpha value is -1.75. The molecule has 0 atom stereocenters. The van der Waals surface area contributed by atoms with E-state index in [1.54, 1.807) is 18.2 Å². The number of carbonyl (C=O) groups excluding carboxylic acids is 1. The quantitative estimate of drug-likeness (QED) is 0.428. The van der Waals surface area contributed by atoms with E-state index in [4.69, 9.17) is 15.2 Å². The molecule has 0 spiro atoms. The lowest BCUT2D eigenvalue weighted by molar-refractivity contribution is 0.0601. The molecule has 2 N–H and O–H groups in total. The number of rotatable bonds is 9. The van der Waals surface area contributed by atoms with Gasteiger partial charge < -0.3 is 19.9 Å². The lowest BCUT2D eigenvalue weighted by Gasteiger charge is -2.09. The van der Waals surface area contributed by atoms with Crippen LogP contribution >= 0.6 is 0 Å². The highest BCUT2D eigenvalue weighted by Gasteiger charge is 2.11. The molecule has 0 bridgehead atoms. The van der Waals surface area contributed by atoms with E-state index in [1.807, 2.05) is 0 Å². The summed E-state index contributed by atoms with van der Waals surface area (Å²) in [6.45, 7) is 4.15. The monoisotopic (exact) mass is 281 g/mol. The lowest BCUT2D eigenvalue weighted by Crippen LogP contribution is -2.07. The second kappa shape index (κ2) is 9.20. The second-order valence-corrected chi connectivity index (χ2v) is 4.41. The molecular formula is C15H23NO4. The number of nitrogens with two attached hydrogens (primary N) is 1. The van der Waals surface area contributed by atoms with Crippen LogP contribution < -0.4 is 10.5 Å². The van der Waals surface area contributed by atoms with Gasteiger partial charge in [-0.15, -0.1) is 0 Å². The maximum atomic E-state index is 11.5. The highest BCUT2D eigenvalue weighted by Crippen LogP contribution is 2.20. The van der Waals surface area contributed by atoms with Crippen molar-refractivity contribution in [1.82, 2.24) is 0 Å². The van der Waals surface area contributed by atoms with Gasteiger partial charge in [-0.3, -0.25) is 0 Å². The van der Waals surface area contributed by atoms with Crippen molar-refractivity contribution in [2.75, 3.05) is 32.7 Å². The Bertz CT molecular complexity index is 420. The summed E-state index contributed by atoms with van der Waals surface area (Å²) in [5, 5.41) is 0. The van der Waals surface area contributed by atoms with Gasteiger partial charge in [-0.2, -0.15) is 0 Å². The SMILES string of the molecule is CCCCOCCCOc1ccc(N)c(C(=O)OC)c1. The molecule has 0 amide bonds. The van der Waals surface area contributed by atoms with E-state index in [1.165, 1.54) is 7.11 Å². The second-order valence-electron chi connectivity index (χ2n) is 4.41. The molecule has 0 aliphatic heterocycles. The van der Waals surface area contributed by atoms with E-state index in [-0.39, 0.29) is 0 Å². The third-order valence-electron chi connectivity index (χ3n) is 2.77. The Morgan fingerprint density at radius 3 is 2.65 bits per heavy atom. The number of anilines is 1. The van der Waals surface area contributed by atoms with Crippen molar-refractivity contribution in [3.05, 3.63) is 23.8 Å². The van der Waals surface area contributed by atoms with E-state index in [0.29, 0.717) is 30.2 Å². The molecule has 5 nitrogen and oxygen atoms in total. The van der Waals surface area contributed by atoms with Gasteiger partial charge in [0.05, 0.1) is 19.3 Å². The molecule has 0 aromatic heterocycles. The maximum Gasteiger partial charge on any atom is 0.340 e. The van der Waals surface area contributed by atoms with Gasteiger partial charge in [-0.1, -0.05) is 13.3 Å². The fourth-order valence-electron chi connectivity index (χ4n) is 1.61. The van der Waals surface area contributed by atoms with Crippen molar-refractivity contribution < 1.29 is 19.0 Å². The van der Waals surface area contributed by atoms with Crippen LogP contribution in [0.15, 0.2) is 18.2 Å². The molecule has 20 heavy (non-hydrogen) atoms. The van der Waals surface area contributed by atoms with Gasteiger partial charge in [-0.25, -0.2) is 4.79 Å².